The second kappa shape index (κ2) is 8.19. The van der Waals surface area contributed by atoms with Crippen molar-refractivity contribution in [1.82, 2.24) is 4.98 Å². The van der Waals surface area contributed by atoms with Crippen LogP contribution >= 0.6 is 34.8 Å². The third-order valence-electron chi connectivity index (χ3n) is 2.80. The number of methoxy groups -OCH3 is 1. The third kappa shape index (κ3) is 4.74. The first-order chi connectivity index (χ1) is 11.4. The Hall–Kier alpha value is -2.02. The Bertz CT molecular complexity index is 783. The van der Waals surface area contributed by atoms with Crippen LogP contribution in [0.3, 0.4) is 0 Å². The molecule has 6 nitrogen and oxygen atoms in total. The van der Waals surface area contributed by atoms with Crippen LogP contribution in [0.4, 0.5) is 5.69 Å². The monoisotopic (exact) mass is 388 g/mol. The Morgan fingerprint density at radius 3 is 2.62 bits per heavy atom. The second-order valence-corrected chi connectivity index (χ2v) is 5.67. The quantitative estimate of drug-likeness (QED) is 0.621. The molecule has 2 rings (SSSR count). The number of esters is 1. The molecule has 24 heavy (non-hydrogen) atoms. The lowest BCUT2D eigenvalue weighted by Crippen LogP contribution is -2.21. The number of ether oxygens (including phenoxy) is 2. The zero-order valence-corrected chi connectivity index (χ0v) is 14.6. The number of aromatic nitrogens is 1. The summed E-state index contributed by atoms with van der Waals surface area (Å²) in [5.74, 6) is -0.890. The van der Waals surface area contributed by atoms with Crippen molar-refractivity contribution in [3.05, 3.63) is 51.2 Å². The summed E-state index contributed by atoms with van der Waals surface area (Å²) in [6.07, 6.45) is 1.20. The molecule has 0 unspecified atom stereocenters. The molecule has 0 saturated carbocycles. The van der Waals surface area contributed by atoms with E-state index in [4.69, 9.17) is 44.3 Å². The summed E-state index contributed by atoms with van der Waals surface area (Å²) in [5, 5.41) is 3.14. The van der Waals surface area contributed by atoms with Gasteiger partial charge in [-0.1, -0.05) is 34.8 Å². The molecule has 0 fully saturated rings. The summed E-state index contributed by atoms with van der Waals surface area (Å²) in [6.45, 7) is -0.505. The number of carbonyl (C=O) groups excluding carboxylic acids is 2. The van der Waals surface area contributed by atoms with Crippen molar-refractivity contribution in [2.45, 2.75) is 0 Å². The molecular weight excluding hydrogens is 379 g/mol. The van der Waals surface area contributed by atoms with E-state index in [0.717, 1.165) is 0 Å². The first-order valence-corrected chi connectivity index (χ1v) is 7.65. The van der Waals surface area contributed by atoms with Crippen LogP contribution in [0.5, 0.6) is 5.75 Å². The number of carbonyl (C=O) groups is 2. The van der Waals surface area contributed by atoms with Crippen molar-refractivity contribution in [2.75, 3.05) is 19.0 Å². The zero-order chi connectivity index (χ0) is 17.7. The number of nitrogens with one attached hydrogen (secondary N) is 1. The summed E-state index contributed by atoms with van der Waals surface area (Å²) in [7, 11) is 1.45. The molecule has 1 aromatic carbocycles. The van der Waals surface area contributed by atoms with E-state index in [1.54, 1.807) is 12.1 Å². The summed E-state index contributed by atoms with van der Waals surface area (Å²) in [6, 6.07) is 6.04. The molecule has 0 bridgehead atoms. The molecule has 2 aromatic rings. The fraction of sp³-hybridized carbons (Fsp3) is 0.133. The predicted molar refractivity (Wildman–Crippen MR) is 91.2 cm³/mol. The molecule has 1 aromatic heterocycles. The van der Waals surface area contributed by atoms with E-state index in [0.29, 0.717) is 16.5 Å². The van der Waals surface area contributed by atoms with Gasteiger partial charge in [-0.05, 0) is 24.3 Å². The summed E-state index contributed by atoms with van der Waals surface area (Å²) < 4.78 is 10.00. The Morgan fingerprint density at radius 2 is 1.96 bits per heavy atom. The highest BCUT2D eigenvalue weighted by atomic mass is 35.5. The maximum atomic E-state index is 11.9. The molecule has 0 atom stereocenters. The second-order valence-electron chi connectivity index (χ2n) is 4.47. The van der Waals surface area contributed by atoms with Crippen molar-refractivity contribution in [1.29, 1.82) is 0 Å². The number of rotatable bonds is 5. The van der Waals surface area contributed by atoms with Gasteiger partial charge in [0.2, 0.25) is 0 Å². The molecule has 1 amide bonds. The first-order valence-electron chi connectivity index (χ1n) is 6.52. The molecule has 0 aliphatic carbocycles. The Balaban J connectivity index is 1.97. The molecule has 0 radical (unpaired) electrons. The number of halogens is 3. The number of amides is 1. The van der Waals surface area contributed by atoms with E-state index >= 15 is 0 Å². The van der Waals surface area contributed by atoms with Gasteiger partial charge >= 0.3 is 5.97 Å². The van der Waals surface area contributed by atoms with Crippen molar-refractivity contribution in [3.8, 4) is 5.75 Å². The number of hydrogen-bond acceptors (Lipinski definition) is 5. The van der Waals surface area contributed by atoms with Crippen LogP contribution in [0.25, 0.3) is 0 Å². The Morgan fingerprint density at radius 1 is 1.21 bits per heavy atom. The van der Waals surface area contributed by atoms with Crippen LogP contribution in [-0.4, -0.2) is 30.6 Å². The Labute approximate surface area is 152 Å². The normalized spacial score (nSPS) is 10.2. The van der Waals surface area contributed by atoms with Gasteiger partial charge < -0.3 is 14.8 Å². The summed E-state index contributed by atoms with van der Waals surface area (Å²) in [4.78, 5) is 27.5. The van der Waals surface area contributed by atoms with Crippen molar-refractivity contribution >= 4 is 52.4 Å². The standard InChI is InChI=1S/C15H11Cl3N2O4/c1-23-12-3-2-9(16)5-11(12)20-13(21)7-24-15(22)8-4-10(17)14(18)19-6-8/h2-6H,7H2,1H3,(H,20,21). The smallest absolute Gasteiger partial charge is 0.340 e. The molecule has 9 heteroatoms. The van der Waals surface area contributed by atoms with Crippen molar-refractivity contribution in [3.63, 3.8) is 0 Å². The third-order valence-corrected chi connectivity index (χ3v) is 3.72. The minimum Gasteiger partial charge on any atom is -0.495 e. The molecule has 0 aliphatic heterocycles. The van der Waals surface area contributed by atoms with Gasteiger partial charge in [-0.25, -0.2) is 9.78 Å². The van der Waals surface area contributed by atoms with Gasteiger partial charge in [0, 0.05) is 11.2 Å². The van der Waals surface area contributed by atoms with E-state index in [9.17, 15) is 9.59 Å². The van der Waals surface area contributed by atoms with Gasteiger partial charge in [0.1, 0.15) is 10.9 Å². The summed E-state index contributed by atoms with van der Waals surface area (Å²) >= 11 is 17.3. The zero-order valence-electron chi connectivity index (χ0n) is 12.3. The lowest BCUT2D eigenvalue weighted by atomic mass is 10.3. The van der Waals surface area contributed by atoms with Crippen LogP contribution in [0.15, 0.2) is 30.5 Å². The molecule has 0 spiro atoms. The number of benzene rings is 1. The van der Waals surface area contributed by atoms with Crippen LogP contribution in [0, 0.1) is 0 Å². The summed E-state index contributed by atoms with van der Waals surface area (Å²) in [5.41, 5.74) is 0.444. The van der Waals surface area contributed by atoms with Crippen molar-refractivity contribution in [2.24, 2.45) is 0 Å². The van der Waals surface area contributed by atoms with Crippen LogP contribution < -0.4 is 10.1 Å². The minimum absolute atomic E-state index is 0.0685. The molecule has 1 heterocycles. The number of hydrogen-bond donors (Lipinski definition) is 1. The van der Waals surface area contributed by atoms with Crippen LogP contribution in [0.2, 0.25) is 15.2 Å². The van der Waals surface area contributed by atoms with Gasteiger partial charge in [-0.15, -0.1) is 0 Å². The number of nitrogens with zero attached hydrogens (tertiary/aromatic N) is 1. The van der Waals surface area contributed by atoms with E-state index < -0.39 is 18.5 Å². The van der Waals surface area contributed by atoms with Gasteiger partial charge in [-0.2, -0.15) is 0 Å². The fourth-order valence-corrected chi connectivity index (χ4v) is 2.15. The highest BCUT2D eigenvalue weighted by molar-refractivity contribution is 6.41. The lowest BCUT2D eigenvalue weighted by molar-refractivity contribution is -0.119. The average molecular weight is 390 g/mol. The molecule has 1 N–H and O–H groups in total. The van der Waals surface area contributed by atoms with E-state index in [-0.39, 0.29) is 15.7 Å². The SMILES string of the molecule is COc1ccc(Cl)cc1NC(=O)COC(=O)c1cnc(Cl)c(Cl)c1. The largest absolute Gasteiger partial charge is 0.495 e. The maximum absolute atomic E-state index is 11.9. The number of anilines is 1. The van der Waals surface area contributed by atoms with E-state index in [2.05, 4.69) is 10.3 Å². The van der Waals surface area contributed by atoms with Gasteiger partial charge in [0.15, 0.2) is 6.61 Å². The lowest BCUT2D eigenvalue weighted by Gasteiger charge is -2.11. The fourth-order valence-electron chi connectivity index (χ4n) is 1.71. The van der Waals surface area contributed by atoms with E-state index in [1.807, 2.05) is 0 Å². The van der Waals surface area contributed by atoms with Gasteiger partial charge in [0.05, 0.1) is 23.4 Å². The topological polar surface area (TPSA) is 77.5 Å². The van der Waals surface area contributed by atoms with Crippen molar-refractivity contribution < 1.29 is 19.1 Å². The minimum atomic E-state index is -0.755. The highest BCUT2D eigenvalue weighted by Gasteiger charge is 2.14. The maximum Gasteiger partial charge on any atom is 0.340 e. The molecule has 0 aliphatic rings. The van der Waals surface area contributed by atoms with Crippen LogP contribution in [-0.2, 0) is 9.53 Å². The molecule has 0 saturated heterocycles. The highest BCUT2D eigenvalue weighted by Crippen LogP contribution is 2.27. The molecular formula is C15H11Cl3N2O4. The van der Waals surface area contributed by atoms with E-state index in [1.165, 1.54) is 25.4 Å². The van der Waals surface area contributed by atoms with Gasteiger partial charge in [0.25, 0.3) is 5.91 Å². The molecule has 126 valence electrons. The Kier molecular flexibility index (Phi) is 6.25. The predicted octanol–water partition coefficient (Wildman–Crippen LogP) is 3.85. The van der Waals surface area contributed by atoms with Gasteiger partial charge in [-0.3, -0.25) is 4.79 Å². The first kappa shape index (κ1) is 18.3. The number of pyridine rings is 1. The average Bonchev–Trinajstić information content (AvgIpc) is 2.55. The van der Waals surface area contributed by atoms with Crippen LogP contribution in [0.1, 0.15) is 10.4 Å².